The Balaban J connectivity index is 2.01. The molecule has 1 aliphatic carbocycles. The summed E-state index contributed by atoms with van der Waals surface area (Å²) in [6.45, 7) is 0. The number of hydrogen-bond acceptors (Lipinski definition) is 6. The van der Waals surface area contributed by atoms with E-state index in [9.17, 15) is 19.2 Å². The molecular formula is C14H6O6. The summed E-state index contributed by atoms with van der Waals surface area (Å²) in [7, 11) is 0. The maximum Gasteiger partial charge on any atom is 0.346 e. The number of carbonyl (C=O) groups excluding carboxylic acids is 4. The number of fused-ring (bicyclic) bond motifs is 3. The first kappa shape index (κ1) is 11.1. The van der Waals surface area contributed by atoms with Gasteiger partial charge in [-0.3, -0.25) is 9.59 Å². The van der Waals surface area contributed by atoms with Gasteiger partial charge in [-0.05, 0) is 22.6 Å². The van der Waals surface area contributed by atoms with Gasteiger partial charge in [-0.15, -0.1) is 0 Å². The molecule has 0 N–H and O–H groups in total. The first-order chi connectivity index (χ1) is 9.54. The van der Waals surface area contributed by atoms with Crippen LogP contribution >= 0.6 is 0 Å². The Labute approximate surface area is 111 Å². The summed E-state index contributed by atoms with van der Waals surface area (Å²) < 4.78 is 9.11. The highest BCUT2D eigenvalue weighted by atomic mass is 16.6. The lowest BCUT2D eigenvalue weighted by Gasteiger charge is -2.10. The quantitative estimate of drug-likeness (QED) is 0.439. The molecule has 2 aliphatic heterocycles. The highest BCUT2D eigenvalue weighted by molar-refractivity contribution is 6.14. The van der Waals surface area contributed by atoms with Gasteiger partial charge >= 0.3 is 23.9 Å². The third-order valence-corrected chi connectivity index (χ3v) is 3.70. The number of cyclic esters (lactones) is 4. The highest BCUT2D eigenvalue weighted by Gasteiger charge is 2.43. The van der Waals surface area contributed by atoms with Crippen molar-refractivity contribution in [3.05, 3.63) is 33.7 Å². The van der Waals surface area contributed by atoms with Crippen molar-refractivity contribution in [2.45, 2.75) is 0 Å². The molecule has 0 saturated carbocycles. The SMILES string of the molecule is O=C1OC(=O)c2cc3c(cc21)=CC1C(=O)OC(=O)C1C=3. The summed E-state index contributed by atoms with van der Waals surface area (Å²) in [4.78, 5) is 46.1. The highest BCUT2D eigenvalue weighted by Crippen LogP contribution is 2.28. The lowest BCUT2D eigenvalue weighted by atomic mass is 9.87. The largest absolute Gasteiger partial charge is 0.392 e. The third kappa shape index (κ3) is 1.27. The van der Waals surface area contributed by atoms with Crippen LogP contribution in [0.4, 0.5) is 0 Å². The fourth-order valence-corrected chi connectivity index (χ4v) is 2.71. The van der Waals surface area contributed by atoms with Gasteiger partial charge in [0, 0.05) is 0 Å². The van der Waals surface area contributed by atoms with E-state index in [0.29, 0.717) is 10.4 Å². The van der Waals surface area contributed by atoms with Crippen LogP contribution in [0.25, 0.3) is 12.2 Å². The van der Waals surface area contributed by atoms with Crippen molar-refractivity contribution in [3.8, 4) is 0 Å². The minimum absolute atomic E-state index is 0.176. The molecule has 6 heteroatoms. The van der Waals surface area contributed by atoms with E-state index in [1.807, 2.05) is 0 Å². The maximum atomic E-state index is 11.5. The number of ether oxygens (including phenoxy) is 2. The topological polar surface area (TPSA) is 86.7 Å². The van der Waals surface area contributed by atoms with Gasteiger partial charge in [0.2, 0.25) is 0 Å². The minimum Gasteiger partial charge on any atom is -0.392 e. The van der Waals surface area contributed by atoms with Crippen molar-refractivity contribution < 1.29 is 28.7 Å². The Bertz CT molecular complexity index is 778. The molecule has 4 rings (SSSR count). The Morgan fingerprint density at radius 2 is 1.15 bits per heavy atom. The fraction of sp³-hybridized carbons (Fsp3) is 0.143. The van der Waals surface area contributed by atoms with Gasteiger partial charge in [0.25, 0.3) is 0 Å². The molecule has 0 amide bonds. The predicted octanol–water partition coefficient (Wildman–Crippen LogP) is -1.11. The van der Waals surface area contributed by atoms with Crippen LogP contribution in [0.2, 0.25) is 0 Å². The second kappa shape index (κ2) is 3.41. The van der Waals surface area contributed by atoms with Crippen LogP contribution in [0.15, 0.2) is 12.1 Å². The van der Waals surface area contributed by atoms with E-state index in [0.717, 1.165) is 0 Å². The van der Waals surface area contributed by atoms with Crippen LogP contribution < -0.4 is 10.4 Å². The van der Waals surface area contributed by atoms with Crippen molar-refractivity contribution in [1.82, 2.24) is 0 Å². The lowest BCUT2D eigenvalue weighted by molar-refractivity contribution is -0.153. The summed E-state index contributed by atoms with van der Waals surface area (Å²) >= 11 is 0. The maximum absolute atomic E-state index is 11.5. The second-order valence-corrected chi connectivity index (χ2v) is 4.83. The first-order valence-corrected chi connectivity index (χ1v) is 5.94. The number of esters is 4. The molecule has 2 heterocycles. The molecule has 0 spiro atoms. The summed E-state index contributed by atoms with van der Waals surface area (Å²) in [5.74, 6) is -3.92. The zero-order valence-electron chi connectivity index (χ0n) is 9.91. The van der Waals surface area contributed by atoms with Gasteiger partial charge in [-0.1, -0.05) is 12.2 Å². The fourth-order valence-electron chi connectivity index (χ4n) is 2.71. The Morgan fingerprint density at radius 1 is 0.700 bits per heavy atom. The normalized spacial score (nSPS) is 26.0. The molecule has 1 saturated heterocycles. The van der Waals surface area contributed by atoms with Gasteiger partial charge in [0.05, 0.1) is 23.0 Å². The van der Waals surface area contributed by atoms with Crippen molar-refractivity contribution in [3.63, 3.8) is 0 Å². The van der Waals surface area contributed by atoms with Crippen LogP contribution in [-0.2, 0) is 19.1 Å². The molecule has 98 valence electrons. The standard InChI is InChI=1S/C14H6O6/c15-11-7-1-5-2-9-10(14(18)20-13(9)17)4-6(5)3-8(7)12(16)19-11/h1-4,7-8H. The molecule has 1 aromatic carbocycles. The molecule has 0 radical (unpaired) electrons. The first-order valence-electron chi connectivity index (χ1n) is 5.94. The molecule has 1 fully saturated rings. The monoisotopic (exact) mass is 270 g/mol. The lowest BCUT2D eigenvalue weighted by Crippen LogP contribution is -2.35. The zero-order valence-corrected chi connectivity index (χ0v) is 9.91. The van der Waals surface area contributed by atoms with Crippen molar-refractivity contribution in [2.24, 2.45) is 11.8 Å². The van der Waals surface area contributed by atoms with Gasteiger partial charge < -0.3 is 9.47 Å². The summed E-state index contributed by atoms with van der Waals surface area (Å²) in [6, 6.07) is 3.00. The molecule has 2 unspecified atom stereocenters. The molecule has 3 aliphatic rings. The summed E-state index contributed by atoms with van der Waals surface area (Å²) in [5, 5.41) is 1.23. The molecule has 2 atom stereocenters. The molecule has 0 aromatic heterocycles. The van der Waals surface area contributed by atoms with Gasteiger partial charge in [0.1, 0.15) is 0 Å². The molecule has 0 bridgehead atoms. The van der Waals surface area contributed by atoms with Crippen LogP contribution in [0, 0.1) is 11.8 Å². The van der Waals surface area contributed by atoms with Crippen LogP contribution in [0.1, 0.15) is 20.7 Å². The van der Waals surface area contributed by atoms with E-state index in [1.165, 1.54) is 12.1 Å². The van der Waals surface area contributed by atoms with Crippen molar-refractivity contribution >= 4 is 36.0 Å². The number of rotatable bonds is 0. The minimum atomic E-state index is -0.701. The Morgan fingerprint density at radius 3 is 1.60 bits per heavy atom. The van der Waals surface area contributed by atoms with Crippen molar-refractivity contribution in [2.75, 3.05) is 0 Å². The predicted molar refractivity (Wildman–Crippen MR) is 62.4 cm³/mol. The van der Waals surface area contributed by atoms with Gasteiger partial charge in [-0.2, -0.15) is 0 Å². The molecule has 6 nitrogen and oxygen atoms in total. The smallest absolute Gasteiger partial charge is 0.346 e. The van der Waals surface area contributed by atoms with Crippen LogP contribution in [-0.4, -0.2) is 23.9 Å². The number of hydrogen-bond donors (Lipinski definition) is 0. The Kier molecular flexibility index (Phi) is 1.89. The van der Waals surface area contributed by atoms with E-state index >= 15 is 0 Å². The van der Waals surface area contributed by atoms with E-state index in [-0.39, 0.29) is 11.1 Å². The molecule has 1 aromatic rings. The molecule has 20 heavy (non-hydrogen) atoms. The van der Waals surface area contributed by atoms with E-state index in [1.54, 1.807) is 12.2 Å². The van der Waals surface area contributed by atoms with Crippen molar-refractivity contribution in [1.29, 1.82) is 0 Å². The van der Waals surface area contributed by atoms with Gasteiger partial charge in [0.15, 0.2) is 0 Å². The van der Waals surface area contributed by atoms with E-state index < -0.39 is 35.7 Å². The van der Waals surface area contributed by atoms with E-state index in [2.05, 4.69) is 9.47 Å². The zero-order chi connectivity index (χ0) is 14.0. The van der Waals surface area contributed by atoms with Gasteiger partial charge in [-0.25, -0.2) is 9.59 Å². The second-order valence-electron chi connectivity index (χ2n) is 4.83. The average molecular weight is 270 g/mol. The van der Waals surface area contributed by atoms with Crippen LogP contribution in [0.5, 0.6) is 0 Å². The molecular weight excluding hydrogens is 264 g/mol. The Hall–Kier alpha value is -2.76. The average Bonchev–Trinajstić information content (AvgIpc) is 2.84. The van der Waals surface area contributed by atoms with Crippen LogP contribution in [0.3, 0.4) is 0 Å². The summed E-state index contributed by atoms with van der Waals surface area (Å²) in [6.07, 6.45) is 3.17. The third-order valence-electron chi connectivity index (χ3n) is 3.70. The summed E-state index contributed by atoms with van der Waals surface area (Å²) in [5.41, 5.74) is 0.351. The number of benzene rings is 1. The number of carbonyl (C=O) groups is 4. The van der Waals surface area contributed by atoms with E-state index in [4.69, 9.17) is 0 Å².